The Morgan fingerprint density at radius 2 is 1.61 bits per heavy atom. The molecule has 0 aromatic carbocycles. The van der Waals surface area contributed by atoms with Crippen molar-refractivity contribution in [3.8, 4) is 0 Å². The highest BCUT2D eigenvalue weighted by molar-refractivity contribution is 5.93. The summed E-state index contributed by atoms with van der Waals surface area (Å²) in [7, 11) is 1.64. The second-order valence-corrected chi connectivity index (χ2v) is 6.39. The zero-order valence-corrected chi connectivity index (χ0v) is 14.6. The maximum atomic E-state index is 11.9. The second-order valence-electron chi connectivity index (χ2n) is 6.39. The molecular formula is C17H31N3O3. The molecular weight excluding hydrogens is 294 g/mol. The van der Waals surface area contributed by atoms with Gasteiger partial charge in [0.2, 0.25) is 5.91 Å². The molecule has 0 unspecified atom stereocenters. The number of likely N-dealkylation sites (N-methyl/N-ethyl adjacent to an activating group) is 1. The summed E-state index contributed by atoms with van der Waals surface area (Å²) in [5, 5.41) is 0. The van der Waals surface area contributed by atoms with Crippen LogP contribution in [0.15, 0.2) is 4.99 Å². The van der Waals surface area contributed by atoms with Crippen LogP contribution in [0.4, 0.5) is 0 Å². The molecule has 0 bridgehead atoms. The number of aliphatic imine (C=N–C) groups is 1. The van der Waals surface area contributed by atoms with Gasteiger partial charge in [0, 0.05) is 13.5 Å². The summed E-state index contributed by atoms with van der Waals surface area (Å²) >= 11 is 0. The Morgan fingerprint density at radius 3 is 2.26 bits per heavy atom. The fourth-order valence-corrected chi connectivity index (χ4v) is 2.63. The van der Waals surface area contributed by atoms with E-state index in [1.807, 2.05) is 6.92 Å². The normalized spacial score (nSPS) is 24.3. The average molecular weight is 325 g/mol. The van der Waals surface area contributed by atoms with Gasteiger partial charge in [-0.25, -0.2) is 0 Å². The lowest BCUT2D eigenvalue weighted by Gasteiger charge is -2.19. The number of nitrogens with zero attached hydrogens (tertiary/aromatic N) is 2. The Balaban J connectivity index is 2.57. The van der Waals surface area contributed by atoms with E-state index in [1.54, 1.807) is 7.05 Å². The second kappa shape index (κ2) is 11.0. The van der Waals surface area contributed by atoms with Crippen molar-refractivity contribution in [2.45, 2.75) is 77.2 Å². The van der Waals surface area contributed by atoms with Crippen LogP contribution in [0.2, 0.25) is 0 Å². The molecule has 6 heteroatoms. The summed E-state index contributed by atoms with van der Waals surface area (Å²) in [5.41, 5.74) is 5.76. The molecule has 1 heterocycles. The van der Waals surface area contributed by atoms with Crippen molar-refractivity contribution < 1.29 is 14.3 Å². The highest BCUT2D eigenvalue weighted by Crippen LogP contribution is 2.13. The molecule has 0 spiro atoms. The topological polar surface area (TPSA) is 85.0 Å². The van der Waals surface area contributed by atoms with Crippen LogP contribution in [0.25, 0.3) is 0 Å². The Bertz CT molecular complexity index is 410. The van der Waals surface area contributed by atoms with Crippen molar-refractivity contribution in [2.75, 3.05) is 13.6 Å². The van der Waals surface area contributed by atoms with Gasteiger partial charge in [-0.2, -0.15) is 4.99 Å². The van der Waals surface area contributed by atoms with Crippen molar-refractivity contribution in [2.24, 2.45) is 10.7 Å². The molecule has 0 aliphatic carbocycles. The third kappa shape index (κ3) is 9.21. The van der Waals surface area contributed by atoms with E-state index in [-0.39, 0.29) is 30.5 Å². The number of esters is 1. The number of hydrogen-bond acceptors (Lipinski definition) is 5. The Morgan fingerprint density at radius 1 is 1.04 bits per heavy atom. The minimum absolute atomic E-state index is 0.00690. The molecule has 0 fully saturated rings. The van der Waals surface area contributed by atoms with Gasteiger partial charge >= 0.3 is 5.97 Å². The predicted molar refractivity (Wildman–Crippen MR) is 91.0 cm³/mol. The predicted octanol–water partition coefficient (Wildman–Crippen LogP) is 2.61. The molecule has 1 aliphatic rings. The lowest BCUT2D eigenvalue weighted by Crippen LogP contribution is -2.39. The van der Waals surface area contributed by atoms with E-state index in [9.17, 15) is 9.59 Å². The van der Waals surface area contributed by atoms with E-state index in [0.717, 1.165) is 25.7 Å². The molecule has 1 atom stereocenters. The van der Waals surface area contributed by atoms with Gasteiger partial charge in [0.05, 0.1) is 6.10 Å². The van der Waals surface area contributed by atoms with E-state index in [1.165, 1.54) is 37.0 Å². The summed E-state index contributed by atoms with van der Waals surface area (Å²) in [6.07, 6.45) is 10.2. The average Bonchev–Trinajstić information content (AvgIpc) is 2.47. The van der Waals surface area contributed by atoms with Gasteiger partial charge in [0.1, 0.15) is 6.54 Å². The Labute approximate surface area is 139 Å². The fourth-order valence-electron chi connectivity index (χ4n) is 2.63. The van der Waals surface area contributed by atoms with Crippen LogP contribution in [-0.2, 0) is 14.3 Å². The summed E-state index contributed by atoms with van der Waals surface area (Å²) in [6.45, 7) is 1.92. The fraction of sp³-hybridized carbons (Fsp3) is 0.824. The van der Waals surface area contributed by atoms with Gasteiger partial charge in [-0.15, -0.1) is 0 Å². The maximum Gasteiger partial charge on any atom is 0.325 e. The zero-order valence-electron chi connectivity index (χ0n) is 14.6. The van der Waals surface area contributed by atoms with Crippen LogP contribution >= 0.6 is 0 Å². The van der Waals surface area contributed by atoms with Gasteiger partial charge in [-0.3, -0.25) is 9.59 Å². The first kappa shape index (κ1) is 19.5. The molecule has 1 rings (SSSR count). The number of guanidine groups is 1. The summed E-state index contributed by atoms with van der Waals surface area (Å²) in [5.74, 6) is -0.496. The molecule has 0 aromatic heterocycles. The molecule has 6 nitrogen and oxygen atoms in total. The van der Waals surface area contributed by atoms with Crippen LogP contribution in [-0.4, -0.2) is 42.4 Å². The number of carbonyl (C=O) groups excluding carboxylic acids is 2. The Kier molecular flexibility index (Phi) is 9.33. The molecule has 1 aliphatic heterocycles. The summed E-state index contributed by atoms with van der Waals surface area (Å²) < 4.78 is 5.37. The largest absolute Gasteiger partial charge is 0.461 e. The van der Waals surface area contributed by atoms with Crippen LogP contribution in [0.3, 0.4) is 0 Å². The SMILES string of the molecule is C[C@@H]1CCCCCCCCCCC(=O)N=C(N)N(C)CC(=O)O1. The van der Waals surface area contributed by atoms with Gasteiger partial charge < -0.3 is 15.4 Å². The minimum atomic E-state index is -0.341. The first-order valence-electron chi connectivity index (χ1n) is 8.76. The van der Waals surface area contributed by atoms with Crippen molar-refractivity contribution >= 4 is 17.8 Å². The molecule has 132 valence electrons. The first-order valence-corrected chi connectivity index (χ1v) is 8.76. The molecule has 0 aromatic rings. The third-order valence-electron chi connectivity index (χ3n) is 4.08. The number of cyclic esters (lactones) is 1. The van der Waals surface area contributed by atoms with Gasteiger partial charge in [0.25, 0.3) is 0 Å². The van der Waals surface area contributed by atoms with E-state index >= 15 is 0 Å². The number of amides is 1. The molecule has 0 radical (unpaired) electrons. The van der Waals surface area contributed by atoms with E-state index in [0.29, 0.717) is 6.42 Å². The molecule has 2 N–H and O–H groups in total. The van der Waals surface area contributed by atoms with Gasteiger partial charge in [-0.05, 0) is 26.2 Å². The lowest BCUT2D eigenvalue weighted by atomic mass is 10.1. The summed E-state index contributed by atoms with van der Waals surface area (Å²) in [6, 6.07) is 0. The van der Waals surface area contributed by atoms with Crippen LogP contribution < -0.4 is 5.73 Å². The van der Waals surface area contributed by atoms with Crippen molar-refractivity contribution in [1.29, 1.82) is 0 Å². The first-order chi connectivity index (χ1) is 11.0. The highest BCUT2D eigenvalue weighted by Gasteiger charge is 2.14. The standard InChI is InChI=1S/C17H31N3O3/c1-14-11-9-7-5-3-4-6-8-10-12-15(21)19-17(18)20(2)13-16(22)23-14/h14H,3-13H2,1-2H3,(H2,18,19,21)/t14-/m1/s1. The van der Waals surface area contributed by atoms with Crippen LogP contribution in [0.5, 0.6) is 0 Å². The minimum Gasteiger partial charge on any atom is -0.461 e. The van der Waals surface area contributed by atoms with E-state index in [2.05, 4.69) is 4.99 Å². The van der Waals surface area contributed by atoms with E-state index in [4.69, 9.17) is 10.5 Å². The van der Waals surface area contributed by atoms with Crippen molar-refractivity contribution in [1.82, 2.24) is 4.90 Å². The van der Waals surface area contributed by atoms with Crippen molar-refractivity contribution in [3.05, 3.63) is 0 Å². The number of ether oxygens (including phenoxy) is 1. The molecule has 0 saturated heterocycles. The van der Waals surface area contributed by atoms with Crippen LogP contribution in [0, 0.1) is 0 Å². The number of nitrogens with two attached hydrogens (primary N) is 1. The van der Waals surface area contributed by atoms with Gasteiger partial charge in [-0.1, -0.05) is 38.5 Å². The van der Waals surface area contributed by atoms with Gasteiger partial charge in [0.15, 0.2) is 5.96 Å². The molecule has 23 heavy (non-hydrogen) atoms. The number of carbonyl (C=O) groups is 2. The zero-order chi connectivity index (χ0) is 17.1. The highest BCUT2D eigenvalue weighted by atomic mass is 16.5. The number of rotatable bonds is 0. The number of hydrogen-bond donors (Lipinski definition) is 1. The van der Waals surface area contributed by atoms with E-state index < -0.39 is 0 Å². The quantitative estimate of drug-likeness (QED) is 0.692. The lowest BCUT2D eigenvalue weighted by molar-refractivity contribution is -0.148. The monoisotopic (exact) mass is 325 g/mol. The van der Waals surface area contributed by atoms with Crippen molar-refractivity contribution in [3.63, 3.8) is 0 Å². The molecule has 1 amide bonds. The Hall–Kier alpha value is -1.59. The smallest absolute Gasteiger partial charge is 0.325 e. The van der Waals surface area contributed by atoms with Crippen LogP contribution in [0.1, 0.15) is 71.1 Å². The third-order valence-corrected chi connectivity index (χ3v) is 4.08. The summed E-state index contributed by atoms with van der Waals surface area (Å²) in [4.78, 5) is 28.9. The maximum absolute atomic E-state index is 11.9. The molecule has 0 saturated carbocycles.